The number of nitrogens with zero attached hydrogens (tertiary/aromatic N) is 2. The Kier molecular flexibility index (Phi) is 6.92. The highest BCUT2D eigenvalue weighted by molar-refractivity contribution is 5.74. The molecule has 0 unspecified atom stereocenters. The zero-order chi connectivity index (χ0) is 23.9. The molecule has 0 N–H and O–H groups in total. The van der Waals surface area contributed by atoms with Gasteiger partial charge in [-0.25, -0.2) is 0 Å². The molecule has 0 saturated heterocycles. The first kappa shape index (κ1) is 22.6. The topological polar surface area (TPSA) is 66.0 Å². The lowest BCUT2D eigenvalue weighted by atomic mass is 9.95. The van der Waals surface area contributed by atoms with E-state index >= 15 is 0 Å². The molecule has 4 aromatic rings. The van der Waals surface area contributed by atoms with Crippen LogP contribution in [0.3, 0.4) is 0 Å². The van der Waals surface area contributed by atoms with E-state index in [0.29, 0.717) is 24.3 Å². The van der Waals surface area contributed by atoms with E-state index in [0.717, 1.165) is 44.9 Å². The summed E-state index contributed by atoms with van der Waals surface area (Å²) in [5.41, 5.74) is 7.61. The van der Waals surface area contributed by atoms with Gasteiger partial charge in [0.15, 0.2) is 0 Å². The van der Waals surface area contributed by atoms with Crippen LogP contribution in [-0.4, -0.2) is 0 Å². The summed E-state index contributed by atoms with van der Waals surface area (Å²) in [7, 11) is 0. The van der Waals surface area contributed by atoms with Gasteiger partial charge in [-0.3, -0.25) is 0 Å². The average Bonchev–Trinajstić information content (AvgIpc) is 2.88. The van der Waals surface area contributed by atoms with Crippen LogP contribution < -0.4 is 9.47 Å². The lowest BCUT2D eigenvalue weighted by Gasteiger charge is -2.17. The fourth-order valence-corrected chi connectivity index (χ4v) is 3.80. The molecule has 0 aromatic heterocycles. The fraction of sp³-hybridized carbons (Fsp3) is 0.133. The van der Waals surface area contributed by atoms with Gasteiger partial charge in [-0.1, -0.05) is 48.5 Å². The van der Waals surface area contributed by atoms with Gasteiger partial charge >= 0.3 is 0 Å². The number of hydrogen-bond donors (Lipinski definition) is 0. The van der Waals surface area contributed by atoms with Crippen molar-refractivity contribution in [3.05, 3.63) is 118 Å². The Bertz CT molecular complexity index is 1270. The van der Waals surface area contributed by atoms with Crippen molar-refractivity contribution < 1.29 is 9.47 Å². The molecule has 4 heteroatoms. The van der Waals surface area contributed by atoms with Gasteiger partial charge in [0.05, 0.1) is 23.3 Å². The van der Waals surface area contributed by atoms with Crippen molar-refractivity contribution in [1.29, 1.82) is 10.5 Å². The molecule has 34 heavy (non-hydrogen) atoms. The van der Waals surface area contributed by atoms with Crippen molar-refractivity contribution >= 4 is 0 Å². The lowest BCUT2D eigenvalue weighted by molar-refractivity contribution is 0.303. The largest absolute Gasteiger partial charge is 0.489 e. The van der Waals surface area contributed by atoms with Crippen LogP contribution in [0.15, 0.2) is 84.9 Å². The number of hydrogen-bond acceptors (Lipinski definition) is 4. The third-order valence-corrected chi connectivity index (χ3v) is 5.81. The third kappa shape index (κ3) is 5.09. The summed E-state index contributed by atoms with van der Waals surface area (Å²) in [6.45, 7) is 4.99. The predicted molar refractivity (Wildman–Crippen MR) is 132 cm³/mol. The highest BCUT2D eigenvalue weighted by atomic mass is 16.5. The predicted octanol–water partition coefficient (Wildman–Crippen LogP) is 6.87. The van der Waals surface area contributed by atoms with Crippen molar-refractivity contribution in [2.24, 2.45) is 0 Å². The van der Waals surface area contributed by atoms with Crippen LogP contribution in [0, 0.1) is 36.5 Å². The highest BCUT2D eigenvalue weighted by Gasteiger charge is 2.13. The second kappa shape index (κ2) is 10.4. The molecule has 166 valence electrons. The van der Waals surface area contributed by atoms with Crippen molar-refractivity contribution in [2.75, 3.05) is 0 Å². The summed E-state index contributed by atoms with van der Waals surface area (Å²) in [5, 5.41) is 17.9. The maximum atomic E-state index is 8.96. The molecule has 0 spiro atoms. The number of nitriles is 2. The molecule has 0 heterocycles. The Hall–Kier alpha value is -4.54. The van der Waals surface area contributed by atoms with Crippen LogP contribution in [-0.2, 0) is 13.2 Å². The van der Waals surface area contributed by atoms with E-state index in [9.17, 15) is 0 Å². The van der Waals surface area contributed by atoms with Crippen LogP contribution in [0.5, 0.6) is 11.5 Å². The molecule has 0 aliphatic carbocycles. The zero-order valence-electron chi connectivity index (χ0n) is 19.2. The van der Waals surface area contributed by atoms with Crippen molar-refractivity contribution in [2.45, 2.75) is 27.1 Å². The van der Waals surface area contributed by atoms with Gasteiger partial charge in [0, 0.05) is 0 Å². The second-order valence-corrected chi connectivity index (χ2v) is 8.05. The van der Waals surface area contributed by atoms with Gasteiger partial charge in [-0.15, -0.1) is 0 Å². The average molecular weight is 445 g/mol. The molecule has 0 amide bonds. The Morgan fingerprint density at radius 3 is 1.29 bits per heavy atom. The molecule has 0 atom stereocenters. The zero-order valence-corrected chi connectivity index (χ0v) is 19.2. The van der Waals surface area contributed by atoms with Crippen molar-refractivity contribution in [3.8, 4) is 34.8 Å². The van der Waals surface area contributed by atoms with Gasteiger partial charge in [-0.2, -0.15) is 10.5 Å². The van der Waals surface area contributed by atoms with E-state index in [2.05, 4.69) is 38.1 Å². The van der Waals surface area contributed by atoms with Gasteiger partial charge in [0.1, 0.15) is 24.7 Å². The first-order chi connectivity index (χ1) is 16.6. The monoisotopic (exact) mass is 444 g/mol. The fourth-order valence-electron chi connectivity index (χ4n) is 3.80. The van der Waals surface area contributed by atoms with Crippen LogP contribution in [0.25, 0.3) is 11.1 Å². The molecule has 0 radical (unpaired) electrons. The Morgan fingerprint density at radius 2 is 0.941 bits per heavy atom. The van der Waals surface area contributed by atoms with E-state index in [4.69, 9.17) is 20.0 Å². The van der Waals surface area contributed by atoms with E-state index in [1.807, 2.05) is 48.5 Å². The van der Waals surface area contributed by atoms with Gasteiger partial charge in [-0.05, 0) is 83.6 Å². The minimum Gasteiger partial charge on any atom is -0.489 e. The normalized spacial score (nSPS) is 10.2. The molecule has 0 aliphatic heterocycles. The van der Waals surface area contributed by atoms with Crippen LogP contribution in [0.4, 0.5) is 0 Å². The first-order valence-corrected chi connectivity index (χ1v) is 11.0. The van der Waals surface area contributed by atoms with Crippen LogP contribution in [0.2, 0.25) is 0 Å². The van der Waals surface area contributed by atoms with E-state index in [1.165, 1.54) is 0 Å². The summed E-state index contributed by atoms with van der Waals surface area (Å²) in [4.78, 5) is 0. The smallest absolute Gasteiger partial charge is 0.123 e. The molecule has 0 fully saturated rings. The first-order valence-electron chi connectivity index (χ1n) is 11.0. The van der Waals surface area contributed by atoms with Gasteiger partial charge in [0.2, 0.25) is 0 Å². The molecular weight excluding hydrogens is 420 g/mol. The Balaban J connectivity index is 1.52. The van der Waals surface area contributed by atoms with Crippen LogP contribution in [0.1, 0.15) is 33.4 Å². The second-order valence-electron chi connectivity index (χ2n) is 8.05. The standard InChI is InChI=1S/C30H24N2O2/c1-21-27(5-3-7-29(21)33-19-25-13-9-23(17-31)10-14-25)28-6-4-8-30(22(28)2)34-20-26-15-11-24(18-32)12-16-26/h3-16H,19-20H2,1-2H3. The summed E-state index contributed by atoms with van der Waals surface area (Å²) < 4.78 is 12.2. The molecule has 4 rings (SSSR count). The number of benzene rings is 4. The van der Waals surface area contributed by atoms with Crippen molar-refractivity contribution in [1.82, 2.24) is 0 Å². The Labute approximate surface area is 200 Å². The minimum absolute atomic E-state index is 0.433. The van der Waals surface area contributed by atoms with Crippen molar-refractivity contribution in [3.63, 3.8) is 0 Å². The maximum Gasteiger partial charge on any atom is 0.123 e. The summed E-state index contributed by atoms with van der Waals surface area (Å²) in [6, 6.07) is 31.3. The van der Waals surface area contributed by atoms with E-state index in [-0.39, 0.29) is 0 Å². The maximum absolute atomic E-state index is 8.96. The summed E-state index contributed by atoms with van der Waals surface area (Å²) in [6.07, 6.45) is 0. The number of ether oxygens (including phenoxy) is 2. The van der Waals surface area contributed by atoms with E-state index < -0.39 is 0 Å². The highest BCUT2D eigenvalue weighted by Crippen LogP contribution is 2.35. The molecule has 4 aromatic carbocycles. The lowest BCUT2D eigenvalue weighted by Crippen LogP contribution is -2.00. The molecule has 0 aliphatic rings. The summed E-state index contributed by atoms with van der Waals surface area (Å²) >= 11 is 0. The quantitative estimate of drug-likeness (QED) is 0.312. The number of rotatable bonds is 7. The third-order valence-electron chi connectivity index (χ3n) is 5.81. The molecular formula is C30H24N2O2. The van der Waals surface area contributed by atoms with Gasteiger partial charge in [0.25, 0.3) is 0 Å². The molecule has 0 saturated carbocycles. The molecule has 4 nitrogen and oxygen atoms in total. The summed E-state index contributed by atoms with van der Waals surface area (Å²) in [5.74, 6) is 1.65. The van der Waals surface area contributed by atoms with E-state index in [1.54, 1.807) is 24.3 Å². The minimum atomic E-state index is 0.433. The van der Waals surface area contributed by atoms with Crippen LogP contribution >= 0.6 is 0 Å². The Morgan fingerprint density at radius 1 is 0.559 bits per heavy atom. The van der Waals surface area contributed by atoms with Gasteiger partial charge < -0.3 is 9.47 Å². The molecule has 0 bridgehead atoms. The SMILES string of the molecule is Cc1c(OCc2ccc(C#N)cc2)cccc1-c1cccc(OCc2ccc(C#N)cc2)c1C.